The fourth-order valence-electron chi connectivity index (χ4n) is 2.37. The lowest BCUT2D eigenvalue weighted by molar-refractivity contribution is -0.123. The largest absolute Gasteiger partial charge is 0.508 e. The van der Waals surface area contributed by atoms with E-state index >= 15 is 0 Å². The first-order chi connectivity index (χ1) is 13.1. The predicted octanol–water partition coefficient (Wildman–Crippen LogP) is 3.29. The van der Waals surface area contributed by atoms with E-state index in [0.29, 0.717) is 11.3 Å². The molecule has 27 heavy (non-hydrogen) atoms. The first kappa shape index (κ1) is 18.0. The van der Waals surface area contributed by atoms with Crippen molar-refractivity contribution in [2.75, 3.05) is 6.61 Å². The molecule has 0 aliphatic rings. The first-order valence-corrected chi connectivity index (χ1v) is 8.24. The average molecular weight is 362 g/mol. The van der Waals surface area contributed by atoms with Gasteiger partial charge < -0.3 is 14.9 Å². The standard InChI is InChI=1S/C21H18N2O4/c24-18-9-6-17(20(25)12-18)13-22-23-21(26)14-27-19-10-7-16(8-11-19)15-4-2-1-3-5-15/h1-13,24-25H,14H2,(H,23,26)/b22-13-. The van der Waals surface area contributed by atoms with E-state index in [1.54, 1.807) is 12.1 Å². The highest BCUT2D eigenvalue weighted by molar-refractivity contribution is 5.85. The topological polar surface area (TPSA) is 91.2 Å². The van der Waals surface area contributed by atoms with E-state index in [2.05, 4.69) is 10.5 Å². The molecule has 0 fully saturated rings. The summed E-state index contributed by atoms with van der Waals surface area (Å²) in [4.78, 5) is 11.8. The fraction of sp³-hybridized carbons (Fsp3) is 0.0476. The second-order valence-corrected chi connectivity index (χ2v) is 5.72. The highest BCUT2D eigenvalue weighted by Gasteiger charge is 2.03. The number of phenols is 2. The summed E-state index contributed by atoms with van der Waals surface area (Å²) >= 11 is 0. The number of carbonyl (C=O) groups is 1. The number of rotatable bonds is 6. The van der Waals surface area contributed by atoms with E-state index in [-0.39, 0.29) is 18.1 Å². The lowest BCUT2D eigenvalue weighted by Gasteiger charge is -2.06. The molecule has 136 valence electrons. The highest BCUT2D eigenvalue weighted by atomic mass is 16.5. The Bertz CT molecular complexity index is 938. The van der Waals surface area contributed by atoms with Crippen LogP contribution >= 0.6 is 0 Å². The Morgan fingerprint density at radius 3 is 2.37 bits per heavy atom. The van der Waals surface area contributed by atoms with Crippen LogP contribution in [0.4, 0.5) is 0 Å². The third-order valence-electron chi connectivity index (χ3n) is 3.74. The second kappa shape index (κ2) is 8.53. The Morgan fingerprint density at radius 1 is 0.963 bits per heavy atom. The molecule has 0 aliphatic carbocycles. The van der Waals surface area contributed by atoms with Crippen molar-refractivity contribution in [3.63, 3.8) is 0 Å². The number of nitrogens with zero attached hydrogens (tertiary/aromatic N) is 1. The maximum absolute atomic E-state index is 11.8. The molecular formula is C21H18N2O4. The molecule has 0 aromatic heterocycles. The minimum Gasteiger partial charge on any atom is -0.508 e. The van der Waals surface area contributed by atoms with E-state index < -0.39 is 5.91 Å². The molecule has 6 nitrogen and oxygen atoms in total. The first-order valence-electron chi connectivity index (χ1n) is 8.24. The number of carbonyl (C=O) groups excluding carboxylic acids is 1. The number of hydrogen-bond donors (Lipinski definition) is 3. The average Bonchev–Trinajstić information content (AvgIpc) is 2.69. The van der Waals surface area contributed by atoms with E-state index in [9.17, 15) is 15.0 Å². The molecule has 0 spiro atoms. The van der Waals surface area contributed by atoms with E-state index in [1.807, 2.05) is 42.5 Å². The summed E-state index contributed by atoms with van der Waals surface area (Å²) in [5, 5.41) is 22.6. The van der Waals surface area contributed by atoms with Crippen LogP contribution in [0, 0.1) is 0 Å². The van der Waals surface area contributed by atoms with Crippen LogP contribution in [0.15, 0.2) is 77.9 Å². The van der Waals surface area contributed by atoms with Gasteiger partial charge in [-0.25, -0.2) is 5.43 Å². The molecule has 0 heterocycles. The number of hydrazone groups is 1. The van der Waals surface area contributed by atoms with Gasteiger partial charge >= 0.3 is 0 Å². The number of ether oxygens (including phenoxy) is 1. The Kier molecular flexibility index (Phi) is 5.69. The van der Waals surface area contributed by atoms with Gasteiger partial charge in [-0.15, -0.1) is 0 Å². The van der Waals surface area contributed by atoms with Gasteiger partial charge in [0.15, 0.2) is 6.61 Å². The van der Waals surface area contributed by atoms with Crippen molar-refractivity contribution in [2.24, 2.45) is 5.10 Å². The van der Waals surface area contributed by atoms with Gasteiger partial charge in [0.25, 0.3) is 5.91 Å². The third-order valence-corrected chi connectivity index (χ3v) is 3.74. The van der Waals surface area contributed by atoms with E-state index in [4.69, 9.17) is 4.74 Å². The van der Waals surface area contributed by atoms with Crippen LogP contribution in [0.2, 0.25) is 0 Å². The van der Waals surface area contributed by atoms with Gasteiger partial charge in [-0.05, 0) is 35.4 Å². The Morgan fingerprint density at radius 2 is 1.67 bits per heavy atom. The van der Waals surface area contributed by atoms with Gasteiger partial charge in [0.1, 0.15) is 17.2 Å². The van der Waals surface area contributed by atoms with E-state index in [0.717, 1.165) is 11.1 Å². The minimum atomic E-state index is -0.434. The van der Waals surface area contributed by atoms with Crippen molar-refractivity contribution < 1.29 is 19.7 Å². The van der Waals surface area contributed by atoms with Crippen LogP contribution in [0.25, 0.3) is 11.1 Å². The molecule has 0 saturated carbocycles. The molecule has 0 bridgehead atoms. The van der Waals surface area contributed by atoms with Crippen LogP contribution in [0.5, 0.6) is 17.2 Å². The van der Waals surface area contributed by atoms with Crippen molar-refractivity contribution in [3.05, 3.63) is 78.4 Å². The van der Waals surface area contributed by atoms with Gasteiger partial charge in [0.2, 0.25) is 0 Å². The Balaban J connectivity index is 1.49. The highest BCUT2D eigenvalue weighted by Crippen LogP contribution is 2.22. The zero-order valence-electron chi connectivity index (χ0n) is 14.4. The van der Waals surface area contributed by atoms with E-state index in [1.165, 1.54) is 24.4 Å². The molecule has 3 N–H and O–H groups in total. The molecule has 6 heteroatoms. The normalized spacial score (nSPS) is 10.7. The molecule has 3 aromatic carbocycles. The van der Waals surface area contributed by atoms with Gasteiger partial charge in [-0.2, -0.15) is 5.10 Å². The second-order valence-electron chi connectivity index (χ2n) is 5.72. The number of hydrogen-bond acceptors (Lipinski definition) is 5. The van der Waals surface area contributed by atoms with Gasteiger partial charge in [-0.1, -0.05) is 42.5 Å². The molecule has 3 aromatic rings. The fourth-order valence-corrected chi connectivity index (χ4v) is 2.37. The molecule has 3 rings (SSSR count). The maximum Gasteiger partial charge on any atom is 0.277 e. The summed E-state index contributed by atoms with van der Waals surface area (Å²) in [6.07, 6.45) is 1.28. The maximum atomic E-state index is 11.8. The molecule has 0 unspecified atom stereocenters. The molecule has 1 amide bonds. The molecule has 0 radical (unpaired) electrons. The molecule has 0 aliphatic heterocycles. The number of nitrogens with one attached hydrogen (secondary N) is 1. The summed E-state index contributed by atoms with van der Waals surface area (Å²) in [6.45, 7) is -0.191. The number of amides is 1. The molecular weight excluding hydrogens is 344 g/mol. The number of aromatic hydroxyl groups is 2. The van der Waals surface area contributed by atoms with Crippen LogP contribution in [-0.2, 0) is 4.79 Å². The summed E-state index contributed by atoms with van der Waals surface area (Å²) < 4.78 is 5.43. The summed E-state index contributed by atoms with van der Waals surface area (Å²) in [7, 11) is 0. The lowest BCUT2D eigenvalue weighted by Crippen LogP contribution is -2.24. The van der Waals surface area contributed by atoms with Crippen molar-refractivity contribution in [1.82, 2.24) is 5.43 Å². The van der Waals surface area contributed by atoms with Crippen molar-refractivity contribution in [1.29, 1.82) is 0 Å². The van der Waals surface area contributed by atoms with Crippen LogP contribution < -0.4 is 10.2 Å². The predicted molar refractivity (Wildman–Crippen MR) is 103 cm³/mol. The SMILES string of the molecule is O=C(COc1ccc(-c2ccccc2)cc1)N/N=C\c1ccc(O)cc1O. The zero-order chi connectivity index (χ0) is 19.1. The number of benzene rings is 3. The Labute approximate surface area is 156 Å². The molecule has 0 saturated heterocycles. The van der Waals surface area contributed by atoms with Crippen molar-refractivity contribution >= 4 is 12.1 Å². The van der Waals surface area contributed by atoms with Crippen LogP contribution in [-0.4, -0.2) is 28.9 Å². The summed E-state index contributed by atoms with van der Waals surface area (Å²) in [5.41, 5.74) is 4.84. The van der Waals surface area contributed by atoms with Crippen molar-refractivity contribution in [3.8, 4) is 28.4 Å². The van der Waals surface area contributed by atoms with Gasteiger partial charge in [-0.3, -0.25) is 4.79 Å². The van der Waals surface area contributed by atoms with Crippen LogP contribution in [0.1, 0.15) is 5.56 Å². The third kappa shape index (κ3) is 5.09. The van der Waals surface area contributed by atoms with Gasteiger partial charge in [0.05, 0.1) is 6.21 Å². The van der Waals surface area contributed by atoms with Crippen molar-refractivity contribution in [2.45, 2.75) is 0 Å². The minimum absolute atomic E-state index is 0.0552. The lowest BCUT2D eigenvalue weighted by atomic mass is 10.1. The smallest absolute Gasteiger partial charge is 0.277 e. The molecule has 0 atom stereocenters. The quantitative estimate of drug-likeness (QED) is 0.463. The number of phenolic OH excluding ortho intramolecular Hbond substituents is 2. The summed E-state index contributed by atoms with van der Waals surface area (Å²) in [6, 6.07) is 21.5. The zero-order valence-corrected chi connectivity index (χ0v) is 14.4. The Hall–Kier alpha value is -3.80. The monoisotopic (exact) mass is 362 g/mol. The summed E-state index contributed by atoms with van der Waals surface area (Å²) in [5.74, 6) is -0.0511. The van der Waals surface area contributed by atoms with Crippen LogP contribution in [0.3, 0.4) is 0 Å². The van der Waals surface area contributed by atoms with Gasteiger partial charge in [0, 0.05) is 11.6 Å².